The maximum absolute atomic E-state index is 13.2. The average Bonchev–Trinajstić information content (AvgIpc) is 3.28. The number of carbonyl (C=O) groups excluding carboxylic acids is 1. The normalized spacial score (nSPS) is 16.6. The minimum absolute atomic E-state index is 0.0357. The predicted molar refractivity (Wildman–Crippen MR) is 101 cm³/mol. The van der Waals surface area contributed by atoms with Gasteiger partial charge in [0.05, 0.1) is 10.6 Å². The van der Waals surface area contributed by atoms with Crippen LogP contribution in [0.15, 0.2) is 41.3 Å². The van der Waals surface area contributed by atoms with E-state index >= 15 is 0 Å². The van der Waals surface area contributed by atoms with Gasteiger partial charge in [-0.15, -0.1) is 0 Å². The van der Waals surface area contributed by atoms with Gasteiger partial charge in [0.2, 0.25) is 10.0 Å². The van der Waals surface area contributed by atoms with Gasteiger partial charge in [0.15, 0.2) is 0 Å². The van der Waals surface area contributed by atoms with Crippen molar-refractivity contribution in [1.29, 1.82) is 0 Å². The molecule has 2 aliphatic rings. The third-order valence-electron chi connectivity index (χ3n) is 5.09. The van der Waals surface area contributed by atoms with Crippen molar-refractivity contribution in [2.45, 2.75) is 44.0 Å². The van der Waals surface area contributed by atoms with Crippen LogP contribution in [0.4, 0.5) is 5.69 Å². The molecular formula is C20H22N2O3S. The van der Waals surface area contributed by atoms with Crippen LogP contribution in [-0.2, 0) is 16.4 Å². The summed E-state index contributed by atoms with van der Waals surface area (Å²) in [6, 6.07) is 10.9. The molecule has 0 saturated heterocycles. The number of para-hydroxylation sites is 1. The van der Waals surface area contributed by atoms with Gasteiger partial charge in [-0.2, -0.15) is 0 Å². The van der Waals surface area contributed by atoms with Crippen LogP contribution in [0, 0.1) is 13.8 Å². The maximum atomic E-state index is 13.2. The molecule has 1 heterocycles. The molecule has 26 heavy (non-hydrogen) atoms. The SMILES string of the molecule is Cc1ccc(S(=O)(=O)NC2CC2)cc1C(=O)N1CCc2cccc(C)c21. The van der Waals surface area contributed by atoms with Crippen molar-refractivity contribution < 1.29 is 13.2 Å². The quantitative estimate of drug-likeness (QED) is 0.900. The van der Waals surface area contributed by atoms with Crippen LogP contribution in [0.2, 0.25) is 0 Å². The molecule has 1 saturated carbocycles. The van der Waals surface area contributed by atoms with Crippen LogP contribution < -0.4 is 9.62 Å². The molecular weight excluding hydrogens is 348 g/mol. The van der Waals surface area contributed by atoms with Crippen LogP contribution in [0.3, 0.4) is 0 Å². The van der Waals surface area contributed by atoms with Crippen molar-refractivity contribution in [2.24, 2.45) is 0 Å². The highest BCUT2D eigenvalue weighted by atomic mass is 32.2. The van der Waals surface area contributed by atoms with E-state index in [9.17, 15) is 13.2 Å². The number of fused-ring (bicyclic) bond motifs is 1. The minimum Gasteiger partial charge on any atom is -0.307 e. The molecule has 0 bridgehead atoms. The highest BCUT2D eigenvalue weighted by Gasteiger charge is 2.31. The Labute approximate surface area is 154 Å². The van der Waals surface area contributed by atoms with E-state index < -0.39 is 10.0 Å². The van der Waals surface area contributed by atoms with Gasteiger partial charge in [-0.3, -0.25) is 4.79 Å². The van der Waals surface area contributed by atoms with Gasteiger partial charge in [0.1, 0.15) is 0 Å². The first kappa shape index (κ1) is 17.2. The van der Waals surface area contributed by atoms with Crippen molar-refractivity contribution in [1.82, 2.24) is 4.72 Å². The third-order valence-corrected chi connectivity index (χ3v) is 6.61. The largest absolute Gasteiger partial charge is 0.307 e. The molecule has 0 aromatic heterocycles. The van der Waals surface area contributed by atoms with E-state index in [-0.39, 0.29) is 16.8 Å². The maximum Gasteiger partial charge on any atom is 0.258 e. The molecule has 6 heteroatoms. The molecule has 1 aliphatic heterocycles. The molecule has 1 aliphatic carbocycles. The summed E-state index contributed by atoms with van der Waals surface area (Å²) < 4.78 is 27.7. The van der Waals surface area contributed by atoms with E-state index in [1.54, 1.807) is 17.0 Å². The Kier molecular flexibility index (Phi) is 4.12. The molecule has 2 aromatic rings. The first-order valence-electron chi connectivity index (χ1n) is 8.90. The molecule has 1 fully saturated rings. The topological polar surface area (TPSA) is 66.5 Å². The first-order valence-corrected chi connectivity index (χ1v) is 10.4. The summed E-state index contributed by atoms with van der Waals surface area (Å²) in [5.74, 6) is -0.140. The minimum atomic E-state index is -3.58. The number of hydrogen-bond donors (Lipinski definition) is 1. The predicted octanol–water partition coefficient (Wildman–Crippen LogP) is 2.95. The molecule has 4 rings (SSSR count). The van der Waals surface area contributed by atoms with E-state index in [2.05, 4.69) is 4.72 Å². The van der Waals surface area contributed by atoms with Crippen LogP contribution in [0.5, 0.6) is 0 Å². The van der Waals surface area contributed by atoms with Crippen molar-refractivity contribution >= 4 is 21.6 Å². The molecule has 136 valence electrons. The fraction of sp³-hybridized carbons (Fsp3) is 0.350. The van der Waals surface area contributed by atoms with Crippen molar-refractivity contribution in [3.05, 3.63) is 58.7 Å². The number of anilines is 1. The molecule has 0 radical (unpaired) electrons. The number of sulfonamides is 1. The highest BCUT2D eigenvalue weighted by Crippen LogP contribution is 2.33. The average molecular weight is 370 g/mol. The Bertz CT molecular complexity index is 994. The van der Waals surface area contributed by atoms with Gasteiger partial charge in [-0.05, 0) is 61.9 Å². The smallest absolute Gasteiger partial charge is 0.258 e. The monoisotopic (exact) mass is 370 g/mol. The number of aryl methyl sites for hydroxylation is 2. The van der Waals surface area contributed by atoms with Crippen LogP contribution >= 0.6 is 0 Å². The van der Waals surface area contributed by atoms with Crippen molar-refractivity contribution in [2.75, 3.05) is 11.4 Å². The van der Waals surface area contributed by atoms with Crippen LogP contribution in [-0.4, -0.2) is 26.9 Å². The zero-order chi connectivity index (χ0) is 18.5. The van der Waals surface area contributed by atoms with E-state index in [4.69, 9.17) is 0 Å². The van der Waals surface area contributed by atoms with Gasteiger partial charge in [-0.25, -0.2) is 13.1 Å². The fourth-order valence-electron chi connectivity index (χ4n) is 3.49. The number of rotatable bonds is 4. The lowest BCUT2D eigenvalue weighted by Gasteiger charge is -2.21. The standard InChI is InChI=1S/C20H22N2O3S/c1-13-6-9-17(26(24,25)21-16-7-8-16)12-18(13)20(23)22-11-10-15-5-3-4-14(2)19(15)22/h3-6,9,12,16,21H,7-8,10-11H2,1-2H3. The molecule has 0 unspecified atom stereocenters. The number of amides is 1. The molecule has 5 nitrogen and oxygen atoms in total. The second kappa shape index (κ2) is 6.21. The number of benzene rings is 2. The van der Waals surface area contributed by atoms with Gasteiger partial charge in [-0.1, -0.05) is 24.3 Å². The number of nitrogens with one attached hydrogen (secondary N) is 1. The lowest BCUT2D eigenvalue weighted by Crippen LogP contribution is -2.31. The third kappa shape index (κ3) is 3.04. The Morgan fingerprint density at radius 3 is 2.62 bits per heavy atom. The zero-order valence-electron chi connectivity index (χ0n) is 15.0. The Hall–Kier alpha value is -2.18. The lowest BCUT2D eigenvalue weighted by atomic mass is 10.1. The summed E-state index contributed by atoms with van der Waals surface area (Å²) in [6.45, 7) is 4.46. The van der Waals surface area contributed by atoms with Gasteiger partial charge in [0, 0.05) is 18.2 Å². The lowest BCUT2D eigenvalue weighted by molar-refractivity contribution is 0.0988. The summed E-state index contributed by atoms with van der Waals surface area (Å²) >= 11 is 0. The Balaban J connectivity index is 1.70. The van der Waals surface area contributed by atoms with Crippen LogP contribution in [0.25, 0.3) is 0 Å². The summed E-state index contributed by atoms with van der Waals surface area (Å²) in [7, 11) is -3.58. The number of nitrogens with zero attached hydrogens (tertiary/aromatic N) is 1. The summed E-state index contributed by atoms with van der Waals surface area (Å²) in [6.07, 6.45) is 2.57. The number of hydrogen-bond acceptors (Lipinski definition) is 3. The van der Waals surface area contributed by atoms with Crippen molar-refractivity contribution in [3.63, 3.8) is 0 Å². The van der Waals surface area contributed by atoms with E-state index in [1.807, 2.05) is 32.0 Å². The molecule has 2 aromatic carbocycles. The van der Waals surface area contributed by atoms with Crippen LogP contribution in [0.1, 0.15) is 39.9 Å². The van der Waals surface area contributed by atoms with E-state index in [0.29, 0.717) is 12.1 Å². The van der Waals surface area contributed by atoms with E-state index in [0.717, 1.165) is 41.6 Å². The van der Waals surface area contributed by atoms with Crippen molar-refractivity contribution in [3.8, 4) is 0 Å². The van der Waals surface area contributed by atoms with Gasteiger partial charge < -0.3 is 4.90 Å². The molecule has 0 spiro atoms. The second-order valence-corrected chi connectivity index (χ2v) is 8.88. The second-order valence-electron chi connectivity index (χ2n) is 7.16. The summed E-state index contributed by atoms with van der Waals surface area (Å²) in [5.41, 5.74) is 4.41. The summed E-state index contributed by atoms with van der Waals surface area (Å²) in [5, 5.41) is 0. The molecule has 1 N–H and O–H groups in total. The summed E-state index contributed by atoms with van der Waals surface area (Å²) in [4.78, 5) is 15.1. The Morgan fingerprint density at radius 1 is 1.12 bits per heavy atom. The molecule has 0 atom stereocenters. The first-order chi connectivity index (χ1) is 12.4. The Morgan fingerprint density at radius 2 is 1.88 bits per heavy atom. The van der Waals surface area contributed by atoms with E-state index in [1.165, 1.54) is 6.07 Å². The molecule has 1 amide bonds. The van der Waals surface area contributed by atoms with Gasteiger partial charge >= 0.3 is 0 Å². The van der Waals surface area contributed by atoms with Gasteiger partial charge in [0.25, 0.3) is 5.91 Å². The highest BCUT2D eigenvalue weighted by molar-refractivity contribution is 7.89. The fourth-order valence-corrected chi connectivity index (χ4v) is 4.82. The number of carbonyl (C=O) groups is 1. The zero-order valence-corrected chi connectivity index (χ0v) is 15.8.